The highest BCUT2D eigenvalue weighted by Gasteiger charge is 2.15. The number of aromatic hydroxyl groups is 1. The van der Waals surface area contributed by atoms with E-state index in [1.807, 2.05) is 0 Å². The van der Waals surface area contributed by atoms with Crippen molar-refractivity contribution in [2.75, 3.05) is 7.11 Å². The van der Waals surface area contributed by atoms with Crippen LogP contribution in [0.4, 0.5) is 8.78 Å². The van der Waals surface area contributed by atoms with Crippen LogP contribution in [0.5, 0.6) is 5.75 Å². The number of aromatic nitrogens is 2. The van der Waals surface area contributed by atoms with Crippen molar-refractivity contribution in [3.8, 4) is 16.9 Å². The second kappa shape index (κ2) is 5.05. The highest BCUT2D eigenvalue weighted by molar-refractivity contribution is 5.69. The van der Waals surface area contributed by atoms with Crippen molar-refractivity contribution in [1.29, 1.82) is 0 Å². The van der Waals surface area contributed by atoms with Crippen LogP contribution in [0.15, 0.2) is 24.5 Å². The molecule has 0 aliphatic rings. The number of hydrogen-bond donors (Lipinski definition) is 1. The van der Waals surface area contributed by atoms with Gasteiger partial charge in [0.25, 0.3) is 0 Å². The molecule has 0 fully saturated rings. The third-order valence-electron chi connectivity index (χ3n) is 2.52. The molecule has 0 amide bonds. The van der Waals surface area contributed by atoms with Crippen LogP contribution in [-0.4, -0.2) is 28.0 Å². The van der Waals surface area contributed by atoms with E-state index < -0.39 is 23.4 Å². The molecule has 1 heterocycles. The Bertz CT molecular complexity index is 625. The minimum Gasteiger partial charge on any atom is -0.505 e. The molecule has 0 bridgehead atoms. The summed E-state index contributed by atoms with van der Waals surface area (Å²) in [6, 6.07) is 2.28. The van der Waals surface area contributed by atoms with Gasteiger partial charge in [0.2, 0.25) is 5.82 Å². The van der Waals surface area contributed by atoms with Crippen LogP contribution < -0.4 is 0 Å². The first-order chi connectivity index (χ1) is 9.02. The molecule has 100 valence electrons. The second-order valence-corrected chi connectivity index (χ2v) is 3.76. The van der Waals surface area contributed by atoms with Crippen molar-refractivity contribution in [2.45, 2.75) is 6.54 Å². The lowest BCUT2D eigenvalue weighted by Gasteiger charge is -2.02. The molecule has 0 radical (unpaired) electrons. The average molecular weight is 268 g/mol. The Morgan fingerprint density at radius 1 is 1.42 bits per heavy atom. The number of halogens is 2. The van der Waals surface area contributed by atoms with Gasteiger partial charge in [-0.1, -0.05) is 0 Å². The Balaban J connectivity index is 2.33. The summed E-state index contributed by atoms with van der Waals surface area (Å²) >= 11 is 0. The molecule has 1 aromatic heterocycles. The molecule has 7 heteroatoms. The Hall–Kier alpha value is -2.44. The van der Waals surface area contributed by atoms with E-state index in [0.29, 0.717) is 5.56 Å². The van der Waals surface area contributed by atoms with E-state index >= 15 is 0 Å². The van der Waals surface area contributed by atoms with Crippen molar-refractivity contribution in [2.24, 2.45) is 0 Å². The fourth-order valence-corrected chi connectivity index (χ4v) is 1.55. The van der Waals surface area contributed by atoms with Gasteiger partial charge in [-0.15, -0.1) is 0 Å². The fraction of sp³-hybridized carbons (Fsp3) is 0.167. The largest absolute Gasteiger partial charge is 0.505 e. The van der Waals surface area contributed by atoms with Crippen LogP contribution in [0.3, 0.4) is 0 Å². The lowest BCUT2D eigenvalue weighted by molar-refractivity contribution is -0.141. The smallest absolute Gasteiger partial charge is 0.327 e. The quantitative estimate of drug-likeness (QED) is 0.861. The lowest BCUT2D eigenvalue weighted by Crippen LogP contribution is -2.11. The first kappa shape index (κ1) is 13.0. The molecule has 1 N–H and O–H groups in total. The van der Waals surface area contributed by atoms with E-state index in [-0.39, 0.29) is 12.1 Å². The maximum Gasteiger partial charge on any atom is 0.327 e. The molecule has 2 rings (SSSR count). The Labute approximate surface area is 107 Å². The van der Waals surface area contributed by atoms with Gasteiger partial charge >= 0.3 is 5.97 Å². The molecule has 0 saturated carbocycles. The number of rotatable bonds is 3. The molecule has 0 aliphatic carbocycles. The number of phenolic OH excluding ortho intramolecular Hbond substituents is 1. The first-order valence-electron chi connectivity index (χ1n) is 5.29. The number of nitrogens with zero attached hydrogens (tertiary/aromatic N) is 2. The molecule has 0 saturated heterocycles. The number of carbonyl (C=O) groups excluding carboxylic acids is 1. The summed E-state index contributed by atoms with van der Waals surface area (Å²) in [5, 5.41) is 12.9. The van der Waals surface area contributed by atoms with Crippen molar-refractivity contribution < 1.29 is 23.4 Å². The molecule has 0 aliphatic heterocycles. The summed E-state index contributed by atoms with van der Waals surface area (Å²) in [6.07, 6.45) is 2.67. The average Bonchev–Trinajstić information content (AvgIpc) is 2.84. The molecule has 19 heavy (non-hydrogen) atoms. The van der Waals surface area contributed by atoms with Crippen molar-refractivity contribution in [3.05, 3.63) is 36.2 Å². The fourth-order valence-electron chi connectivity index (χ4n) is 1.55. The second-order valence-electron chi connectivity index (χ2n) is 3.76. The SMILES string of the molecule is COC(=O)Cn1cc(-c2ccc(O)c(F)c2F)cn1. The van der Waals surface area contributed by atoms with E-state index in [1.54, 1.807) is 0 Å². The first-order valence-corrected chi connectivity index (χ1v) is 5.29. The topological polar surface area (TPSA) is 64.3 Å². The van der Waals surface area contributed by atoms with Gasteiger partial charge in [0.05, 0.1) is 13.3 Å². The molecular formula is C12H10F2N2O3. The molecule has 0 unspecified atom stereocenters. The monoisotopic (exact) mass is 268 g/mol. The number of esters is 1. The molecule has 1 aromatic carbocycles. The van der Waals surface area contributed by atoms with Crippen molar-refractivity contribution in [1.82, 2.24) is 9.78 Å². The Morgan fingerprint density at radius 3 is 2.84 bits per heavy atom. The molecule has 5 nitrogen and oxygen atoms in total. The third kappa shape index (κ3) is 2.54. The van der Waals surface area contributed by atoms with Crippen molar-refractivity contribution in [3.63, 3.8) is 0 Å². The van der Waals surface area contributed by atoms with Crippen LogP contribution >= 0.6 is 0 Å². The summed E-state index contributed by atoms with van der Waals surface area (Å²) in [4.78, 5) is 11.0. The number of hydrogen-bond acceptors (Lipinski definition) is 4. The Morgan fingerprint density at radius 2 is 2.16 bits per heavy atom. The predicted octanol–water partition coefficient (Wildman–Crippen LogP) is 1.71. The van der Waals surface area contributed by atoms with Gasteiger partial charge in [0, 0.05) is 17.3 Å². The standard InChI is InChI=1S/C12H10F2N2O3/c1-19-10(18)6-16-5-7(4-15-16)8-2-3-9(17)12(14)11(8)13/h2-5,17H,6H2,1H3. The summed E-state index contributed by atoms with van der Waals surface area (Å²) in [6.45, 7) is -0.126. The highest BCUT2D eigenvalue weighted by Crippen LogP contribution is 2.28. The molecule has 0 atom stereocenters. The van der Waals surface area contributed by atoms with E-state index in [4.69, 9.17) is 5.11 Å². The van der Waals surface area contributed by atoms with Gasteiger partial charge in [-0.2, -0.15) is 9.49 Å². The van der Waals surface area contributed by atoms with Crippen LogP contribution in [-0.2, 0) is 16.1 Å². The molecule has 2 aromatic rings. The van der Waals surface area contributed by atoms with Crippen molar-refractivity contribution >= 4 is 5.97 Å². The van der Waals surface area contributed by atoms with Crippen LogP contribution in [0, 0.1) is 11.6 Å². The number of phenols is 1. The van der Waals surface area contributed by atoms with E-state index in [1.165, 1.54) is 30.3 Å². The van der Waals surface area contributed by atoms with Gasteiger partial charge in [-0.05, 0) is 12.1 Å². The summed E-state index contributed by atoms with van der Waals surface area (Å²) in [5.41, 5.74) is 0.242. The summed E-state index contributed by atoms with van der Waals surface area (Å²) in [5.74, 6) is -3.76. The minimum atomic E-state index is -1.32. The normalized spacial score (nSPS) is 10.5. The maximum absolute atomic E-state index is 13.6. The molecule has 0 spiro atoms. The van der Waals surface area contributed by atoms with E-state index in [9.17, 15) is 13.6 Å². The van der Waals surface area contributed by atoms with Gasteiger partial charge in [-0.25, -0.2) is 4.39 Å². The molecular weight excluding hydrogens is 258 g/mol. The predicted molar refractivity (Wildman–Crippen MR) is 61.3 cm³/mol. The highest BCUT2D eigenvalue weighted by atomic mass is 19.2. The lowest BCUT2D eigenvalue weighted by atomic mass is 10.1. The zero-order valence-corrected chi connectivity index (χ0v) is 9.93. The zero-order chi connectivity index (χ0) is 14.0. The number of carbonyl (C=O) groups is 1. The van der Waals surface area contributed by atoms with Crippen LogP contribution in [0.2, 0.25) is 0 Å². The third-order valence-corrected chi connectivity index (χ3v) is 2.52. The van der Waals surface area contributed by atoms with Gasteiger partial charge in [-0.3, -0.25) is 9.48 Å². The van der Waals surface area contributed by atoms with Gasteiger partial charge in [0.15, 0.2) is 11.6 Å². The van der Waals surface area contributed by atoms with Crippen LogP contribution in [0.1, 0.15) is 0 Å². The number of ether oxygens (including phenoxy) is 1. The summed E-state index contributed by atoms with van der Waals surface area (Å²) in [7, 11) is 1.24. The maximum atomic E-state index is 13.6. The van der Waals surface area contributed by atoms with Crippen LogP contribution in [0.25, 0.3) is 11.1 Å². The van der Waals surface area contributed by atoms with E-state index in [0.717, 1.165) is 6.07 Å². The number of methoxy groups -OCH3 is 1. The van der Waals surface area contributed by atoms with E-state index in [2.05, 4.69) is 9.84 Å². The number of benzene rings is 1. The van der Waals surface area contributed by atoms with Gasteiger partial charge < -0.3 is 9.84 Å². The zero-order valence-electron chi connectivity index (χ0n) is 9.93. The van der Waals surface area contributed by atoms with Gasteiger partial charge in [0.1, 0.15) is 6.54 Å². The summed E-state index contributed by atoms with van der Waals surface area (Å²) < 4.78 is 32.5. The Kier molecular flexibility index (Phi) is 3.46. The minimum absolute atomic E-state index is 0.0496.